The molecule has 1 aliphatic carbocycles. The number of esters is 1. The first-order valence-corrected chi connectivity index (χ1v) is 10.1. The van der Waals surface area contributed by atoms with Gasteiger partial charge in [0.1, 0.15) is 11.5 Å². The highest BCUT2D eigenvalue weighted by atomic mass is 16.5. The predicted octanol–water partition coefficient (Wildman–Crippen LogP) is 6.77. The van der Waals surface area contributed by atoms with E-state index in [9.17, 15) is 9.90 Å². The Morgan fingerprint density at radius 1 is 1.11 bits per heavy atom. The van der Waals surface area contributed by atoms with Gasteiger partial charge in [0.05, 0.1) is 0 Å². The Balaban J connectivity index is 2.15. The first-order valence-electron chi connectivity index (χ1n) is 10.1. The summed E-state index contributed by atoms with van der Waals surface area (Å²) in [6.45, 7) is 5.89. The molecule has 2 rings (SSSR count). The van der Waals surface area contributed by atoms with E-state index in [1.165, 1.54) is 55.7 Å². The molecule has 0 aromatic heterocycles. The Hall–Kier alpha value is -2.29. The maximum Gasteiger partial charge on any atom is 0.308 e. The third-order valence-corrected chi connectivity index (χ3v) is 5.11. The fourth-order valence-electron chi connectivity index (χ4n) is 3.54. The van der Waals surface area contributed by atoms with Crippen molar-refractivity contribution in [1.29, 1.82) is 0 Å². The first kappa shape index (κ1) is 21.0. The van der Waals surface area contributed by atoms with Gasteiger partial charge in [-0.1, -0.05) is 63.3 Å². The van der Waals surface area contributed by atoms with Gasteiger partial charge >= 0.3 is 5.97 Å². The number of aliphatic hydroxyl groups excluding tert-OH is 1. The molecule has 0 saturated heterocycles. The molecular weight excluding hydrogens is 336 g/mol. The molecule has 1 aliphatic rings. The highest BCUT2D eigenvalue weighted by Crippen LogP contribution is 2.34. The lowest BCUT2D eigenvalue weighted by Crippen LogP contribution is -2.05. The molecule has 0 amide bonds. The Kier molecular flexibility index (Phi) is 8.38. The molecule has 146 valence electrons. The summed E-state index contributed by atoms with van der Waals surface area (Å²) >= 11 is 0. The van der Waals surface area contributed by atoms with Crippen molar-refractivity contribution in [2.24, 2.45) is 0 Å². The average Bonchev–Trinajstić information content (AvgIpc) is 2.65. The van der Waals surface area contributed by atoms with E-state index in [0.717, 1.165) is 12.8 Å². The maximum absolute atomic E-state index is 11.1. The number of aliphatic hydroxyl groups is 1. The largest absolute Gasteiger partial charge is 0.508 e. The van der Waals surface area contributed by atoms with E-state index < -0.39 is 0 Å². The molecule has 3 nitrogen and oxygen atoms in total. The van der Waals surface area contributed by atoms with Crippen LogP contribution in [0.4, 0.5) is 0 Å². The molecule has 0 radical (unpaired) electrons. The van der Waals surface area contributed by atoms with Crippen LogP contribution in [0.25, 0.3) is 0 Å². The fourth-order valence-corrected chi connectivity index (χ4v) is 3.54. The zero-order valence-corrected chi connectivity index (χ0v) is 16.8. The molecule has 0 heterocycles. The number of hydrogen-bond donors (Lipinski definition) is 1. The number of allylic oxidation sites excluding steroid dienone is 5. The second-order valence-corrected chi connectivity index (χ2v) is 7.27. The number of carbonyl (C=O) groups excluding carboxylic acids is 1. The number of ether oxygens (including phenoxy) is 1. The van der Waals surface area contributed by atoms with Crippen molar-refractivity contribution in [1.82, 2.24) is 0 Å². The van der Waals surface area contributed by atoms with Crippen LogP contribution < -0.4 is 4.74 Å². The minimum atomic E-state index is -0.301. The van der Waals surface area contributed by atoms with Gasteiger partial charge in [0.15, 0.2) is 0 Å². The van der Waals surface area contributed by atoms with Crippen LogP contribution in [0.15, 0.2) is 59.4 Å². The molecule has 27 heavy (non-hydrogen) atoms. The number of carbonyl (C=O) groups is 1. The molecule has 1 aromatic carbocycles. The fraction of sp³-hybridized carbons (Fsp3) is 0.458. The SMILES string of the molecule is CCCCCCCC(=C1C=CC(O)=CC1)C(C)c1ccc(OC(C)=O)cc1. The molecule has 0 fully saturated rings. The van der Waals surface area contributed by atoms with Gasteiger partial charge in [-0.15, -0.1) is 0 Å². The van der Waals surface area contributed by atoms with Crippen molar-refractivity contribution >= 4 is 5.97 Å². The highest BCUT2D eigenvalue weighted by Gasteiger charge is 2.16. The molecule has 0 saturated carbocycles. The van der Waals surface area contributed by atoms with E-state index in [1.54, 1.807) is 6.08 Å². The summed E-state index contributed by atoms with van der Waals surface area (Å²) in [7, 11) is 0. The molecule has 0 bridgehead atoms. The van der Waals surface area contributed by atoms with Crippen LogP contribution in [0.5, 0.6) is 5.75 Å². The van der Waals surface area contributed by atoms with Crippen molar-refractivity contribution in [3.63, 3.8) is 0 Å². The lowest BCUT2D eigenvalue weighted by molar-refractivity contribution is -0.131. The van der Waals surface area contributed by atoms with Gasteiger partial charge in [0.2, 0.25) is 0 Å². The standard InChI is InChI=1S/C24H32O3/c1-4-5-6-7-8-9-24(21-10-14-22(26)15-11-21)18(2)20-12-16-23(17-13-20)27-19(3)25/h10,12-18,26H,4-9,11H2,1-3H3. The molecule has 0 spiro atoms. The number of unbranched alkanes of at least 4 members (excludes halogenated alkanes) is 4. The summed E-state index contributed by atoms with van der Waals surface area (Å²) in [6.07, 6.45) is 13.9. The third kappa shape index (κ3) is 6.74. The smallest absolute Gasteiger partial charge is 0.308 e. The van der Waals surface area contributed by atoms with Gasteiger partial charge in [-0.2, -0.15) is 0 Å². The van der Waals surface area contributed by atoms with E-state index in [1.807, 2.05) is 30.3 Å². The van der Waals surface area contributed by atoms with E-state index in [0.29, 0.717) is 11.5 Å². The second-order valence-electron chi connectivity index (χ2n) is 7.27. The number of rotatable bonds is 9. The highest BCUT2D eigenvalue weighted by molar-refractivity contribution is 5.69. The normalized spacial score (nSPS) is 16.6. The van der Waals surface area contributed by atoms with Crippen molar-refractivity contribution in [2.45, 2.75) is 71.6 Å². The van der Waals surface area contributed by atoms with Crippen LogP contribution >= 0.6 is 0 Å². The number of hydrogen-bond acceptors (Lipinski definition) is 3. The van der Waals surface area contributed by atoms with E-state index in [4.69, 9.17) is 4.74 Å². The van der Waals surface area contributed by atoms with E-state index in [-0.39, 0.29) is 11.9 Å². The summed E-state index contributed by atoms with van der Waals surface area (Å²) in [5.41, 5.74) is 3.96. The monoisotopic (exact) mass is 368 g/mol. The lowest BCUT2D eigenvalue weighted by Gasteiger charge is -2.21. The molecular formula is C24H32O3. The summed E-state index contributed by atoms with van der Waals surface area (Å²) < 4.78 is 5.14. The quantitative estimate of drug-likeness (QED) is 0.297. The predicted molar refractivity (Wildman–Crippen MR) is 111 cm³/mol. The summed E-state index contributed by atoms with van der Waals surface area (Å²) in [5, 5.41) is 9.65. The zero-order valence-electron chi connectivity index (χ0n) is 16.8. The Morgan fingerprint density at radius 3 is 2.41 bits per heavy atom. The van der Waals surface area contributed by atoms with E-state index in [2.05, 4.69) is 19.9 Å². The minimum Gasteiger partial charge on any atom is -0.508 e. The van der Waals surface area contributed by atoms with Crippen LogP contribution in [0.3, 0.4) is 0 Å². The second kappa shape index (κ2) is 10.8. The maximum atomic E-state index is 11.1. The molecule has 1 N–H and O–H groups in total. The zero-order chi connectivity index (χ0) is 19.6. The molecule has 1 atom stereocenters. The van der Waals surface area contributed by atoms with Gasteiger partial charge in [-0.25, -0.2) is 0 Å². The topological polar surface area (TPSA) is 46.5 Å². The van der Waals surface area contributed by atoms with Gasteiger partial charge in [0.25, 0.3) is 0 Å². The van der Waals surface area contributed by atoms with Crippen LogP contribution in [0, 0.1) is 0 Å². The molecule has 1 unspecified atom stereocenters. The Bertz CT molecular complexity index is 708. The van der Waals surface area contributed by atoms with Crippen LogP contribution in [-0.2, 0) is 4.79 Å². The first-order chi connectivity index (χ1) is 13.0. The van der Waals surface area contributed by atoms with Gasteiger partial charge in [-0.05, 0) is 54.7 Å². The van der Waals surface area contributed by atoms with E-state index >= 15 is 0 Å². The van der Waals surface area contributed by atoms with Crippen molar-refractivity contribution in [3.8, 4) is 5.75 Å². The van der Waals surface area contributed by atoms with Gasteiger partial charge in [-0.3, -0.25) is 4.79 Å². The molecule has 0 aliphatic heterocycles. The van der Waals surface area contributed by atoms with Gasteiger partial charge in [0, 0.05) is 12.8 Å². The number of benzene rings is 1. The van der Waals surface area contributed by atoms with Crippen LogP contribution in [0.1, 0.15) is 77.2 Å². The molecule has 1 aromatic rings. The van der Waals surface area contributed by atoms with Crippen LogP contribution in [0.2, 0.25) is 0 Å². The summed E-state index contributed by atoms with van der Waals surface area (Å²) in [6, 6.07) is 7.80. The molecule has 3 heteroatoms. The van der Waals surface area contributed by atoms with Gasteiger partial charge < -0.3 is 9.84 Å². The Morgan fingerprint density at radius 2 is 1.81 bits per heavy atom. The lowest BCUT2D eigenvalue weighted by atomic mass is 9.84. The van der Waals surface area contributed by atoms with Crippen molar-refractivity contribution in [3.05, 3.63) is 65.0 Å². The van der Waals surface area contributed by atoms with Crippen molar-refractivity contribution < 1.29 is 14.6 Å². The van der Waals surface area contributed by atoms with Crippen LogP contribution in [-0.4, -0.2) is 11.1 Å². The summed E-state index contributed by atoms with van der Waals surface area (Å²) in [5.74, 6) is 0.914. The van der Waals surface area contributed by atoms with Crippen molar-refractivity contribution in [2.75, 3.05) is 0 Å². The summed E-state index contributed by atoms with van der Waals surface area (Å²) in [4.78, 5) is 11.1. The average molecular weight is 369 g/mol. The Labute approximate surface area is 163 Å². The minimum absolute atomic E-state index is 0.288. The third-order valence-electron chi connectivity index (χ3n) is 5.11.